The van der Waals surface area contributed by atoms with E-state index in [4.69, 9.17) is 10.5 Å². The SMILES string of the molecule is COc1cccc(Nc2ncnc(N3CCCC3)c2N)c1. The van der Waals surface area contributed by atoms with E-state index in [1.165, 1.54) is 12.8 Å². The third-order valence-electron chi connectivity index (χ3n) is 3.60. The molecule has 6 heteroatoms. The second-order valence-corrected chi connectivity index (χ2v) is 5.01. The van der Waals surface area contributed by atoms with Crippen molar-refractivity contribution in [1.82, 2.24) is 9.97 Å². The van der Waals surface area contributed by atoms with Gasteiger partial charge in [-0.25, -0.2) is 9.97 Å². The second-order valence-electron chi connectivity index (χ2n) is 5.01. The van der Waals surface area contributed by atoms with Gasteiger partial charge in [0.15, 0.2) is 11.6 Å². The van der Waals surface area contributed by atoms with Crippen molar-refractivity contribution in [1.29, 1.82) is 0 Å². The highest BCUT2D eigenvalue weighted by molar-refractivity contribution is 5.78. The summed E-state index contributed by atoms with van der Waals surface area (Å²) in [5.41, 5.74) is 7.69. The molecule has 0 spiro atoms. The van der Waals surface area contributed by atoms with Gasteiger partial charge in [0.1, 0.15) is 17.8 Å². The zero-order chi connectivity index (χ0) is 14.7. The molecule has 1 fully saturated rings. The van der Waals surface area contributed by atoms with E-state index in [2.05, 4.69) is 20.2 Å². The van der Waals surface area contributed by atoms with Gasteiger partial charge >= 0.3 is 0 Å². The van der Waals surface area contributed by atoms with E-state index in [1.807, 2.05) is 24.3 Å². The molecule has 2 aromatic rings. The van der Waals surface area contributed by atoms with Crippen LogP contribution in [-0.4, -0.2) is 30.2 Å². The summed E-state index contributed by atoms with van der Waals surface area (Å²) in [7, 11) is 1.64. The number of hydrogen-bond donors (Lipinski definition) is 2. The summed E-state index contributed by atoms with van der Waals surface area (Å²) in [6.07, 6.45) is 3.91. The van der Waals surface area contributed by atoms with E-state index in [9.17, 15) is 0 Å². The fourth-order valence-corrected chi connectivity index (χ4v) is 2.50. The fourth-order valence-electron chi connectivity index (χ4n) is 2.50. The molecule has 0 unspecified atom stereocenters. The summed E-state index contributed by atoms with van der Waals surface area (Å²) in [6.45, 7) is 2.00. The lowest BCUT2D eigenvalue weighted by atomic mass is 10.3. The standard InChI is InChI=1S/C15H19N5O/c1-21-12-6-4-5-11(9-12)19-14-13(16)15(18-10-17-14)20-7-2-3-8-20/h4-6,9-10H,2-3,7-8,16H2,1H3,(H,17,18,19). The number of ether oxygens (including phenoxy) is 1. The fraction of sp³-hybridized carbons (Fsp3) is 0.333. The van der Waals surface area contributed by atoms with Gasteiger partial charge in [-0.05, 0) is 25.0 Å². The van der Waals surface area contributed by atoms with Crippen LogP contribution in [0.15, 0.2) is 30.6 Å². The molecule has 0 bridgehead atoms. The Labute approximate surface area is 124 Å². The lowest BCUT2D eigenvalue weighted by Crippen LogP contribution is -2.21. The summed E-state index contributed by atoms with van der Waals surface area (Å²) in [6, 6.07) is 7.65. The Kier molecular flexibility index (Phi) is 3.77. The largest absolute Gasteiger partial charge is 0.497 e. The molecule has 0 aliphatic carbocycles. The Balaban J connectivity index is 1.86. The highest BCUT2D eigenvalue weighted by Crippen LogP contribution is 2.31. The smallest absolute Gasteiger partial charge is 0.159 e. The first-order valence-corrected chi connectivity index (χ1v) is 7.04. The van der Waals surface area contributed by atoms with Crippen LogP contribution in [0.3, 0.4) is 0 Å². The minimum absolute atomic E-state index is 0.585. The van der Waals surface area contributed by atoms with Crippen molar-refractivity contribution in [2.45, 2.75) is 12.8 Å². The van der Waals surface area contributed by atoms with E-state index in [1.54, 1.807) is 13.4 Å². The van der Waals surface area contributed by atoms with Crippen LogP contribution in [0.4, 0.5) is 23.0 Å². The Morgan fingerprint density at radius 2 is 2.05 bits per heavy atom. The van der Waals surface area contributed by atoms with Gasteiger partial charge < -0.3 is 20.7 Å². The average molecular weight is 285 g/mol. The van der Waals surface area contributed by atoms with E-state index in [0.717, 1.165) is 30.3 Å². The third kappa shape index (κ3) is 2.84. The number of nitrogen functional groups attached to an aromatic ring is 1. The summed E-state index contributed by atoms with van der Waals surface area (Å²) in [5.74, 6) is 2.22. The van der Waals surface area contributed by atoms with E-state index in [-0.39, 0.29) is 0 Å². The Hall–Kier alpha value is -2.50. The summed E-state index contributed by atoms with van der Waals surface area (Å²) < 4.78 is 5.22. The minimum Gasteiger partial charge on any atom is -0.497 e. The van der Waals surface area contributed by atoms with Crippen molar-refractivity contribution >= 4 is 23.0 Å². The minimum atomic E-state index is 0.585. The lowest BCUT2D eigenvalue weighted by molar-refractivity contribution is 0.415. The molecule has 0 radical (unpaired) electrons. The average Bonchev–Trinajstić information content (AvgIpc) is 3.04. The number of aromatic nitrogens is 2. The van der Waals surface area contributed by atoms with Crippen LogP contribution < -0.4 is 20.7 Å². The number of methoxy groups -OCH3 is 1. The van der Waals surface area contributed by atoms with Crippen molar-refractivity contribution in [2.75, 3.05) is 36.1 Å². The first-order chi connectivity index (χ1) is 10.3. The first kappa shape index (κ1) is 13.5. The molecule has 21 heavy (non-hydrogen) atoms. The molecule has 0 amide bonds. The molecule has 0 saturated carbocycles. The maximum absolute atomic E-state index is 6.22. The van der Waals surface area contributed by atoms with E-state index >= 15 is 0 Å². The molecule has 1 aromatic carbocycles. The van der Waals surface area contributed by atoms with Gasteiger partial charge in [-0.2, -0.15) is 0 Å². The summed E-state index contributed by atoms with van der Waals surface area (Å²) >= 11 is 0. The number of anilines is 4. The quantitative estimate of drug-likeness (QED) is 0.898. The second kappa shape index (κ2) is 5.87. The highest BCUT2D eigenvalue weighted by Gasteiger charge is 2.18. The topological polar surface area (TPSA) is 76.3 Å². The molecule has 0 atom stereocenters. The summed E-state index contributed by atoms with van der Waals surface area (Å²) in [5, 5.41) is 3.23. The van der Waals surface area contributed by atoms with Gasteiger partial charge in [0.25, 0.3) is 0 Å². The molecule has 1 saturated heterocycles. The number of hydrogen-bond acceptors (Lipinski definition) is 6. The number of benzene rings is 1. The molecule has 1 aliphatic rings. The predicted octanol–water partition coefficient (Wildman–Crippen LogP) is 2.41. The van der Waals surface area contributed by atoms with Gasteiger partial charge in [-0.1, -0.05) is 6.07 Å². The van der Waals surface area contributed by atoms with Gasteiger partial charge in [0, 0.05) is 24.8 Å². The number of nitrogens with two attached hydrogens (primary N) is 1. The van der Waals surface area contributed by atoms with Crippen molar-refractivity contribution in [3.05, 3.63) is 30.6 Å². The van der Waals surface area contributed by atoms with Crippen LogP contribution in [0.1, 0.15) is 12.8 Å². The van der Waals surface area contributed by atoms with Crippen LogP contribution in [-0.2, 0) is 0 Å². The molecule has 110 valence electrons. The zero-order valence-electron chi connectivity index (χ0n) is 12.0. The molecule has 6 nitrogen and oxygen atoms in total. The molecule has 1 aliphatic heterocycles. The third-order valence-corrected chi connectivity index (χ3v) is 3.60. The van der Waals surface area contributed by atoms with E-state index in [0.29, 0.717) is 11.5 Å². The van der Waals surface area contributed by atoms with E-state index < -0.39 is 0 Å². The van der Waals surface area contributed by atoms with Crippen molar-refractivity contribution < 1.29 is 4.74 Å². The van der Waals surface area contributed by atoms with Crippen LogP contribution >= 0.6 is 0 Å². The molecule has 3 N–H and O–H groups in total. The molecular formula is C15H19N5O. The van der Waals surface area contributed by atoms with Crippen LogP contribution in [0.25, 0.3) is 0 Å². The molecule has 1 aromatic heterocycles. The first-order valence-electron chi connectivity index (χ1n) is 7.04. The zero-order valence-corrected chi connectivity index (χ0v) is 12.0. The number of rotatable bonds is 4. The van der Waals surface area contributed by atoms with Gasteiger partial charge in [0.2, 0.25) is 0 Å². The van der Waals surface area contributed by atoms with Gasteiger partial charge in [0.05, 0.1) is 7.11 Å². The number of nitrogens with one attached hydrogen (secondary N) is 1. The van der Waals surface area contributed by atoms with Crippen molar-refractivity contribution in [3.8, 4) is 5.75 Å². The van der Waals surface area contributed by atoms with Crippen LogP contribution in [0.2, 0.25) is 0 Å². The van der Waals surface area contributed by atoms with Crippen molar-refractivity contribution in [2.24, 2.45) is 0 Å². The van der Waals surface area contributed by atoms with Gasteiger partial charge in [-0.15, -0.1) is 0 Å². The lowest BCUT2D eigenvalue weighted by Gasteiger charge is -2.19. The predicted molar refractivity (Wildman–Crippen MR) is 84.2 cm³/mol. The Bertz CT molecular complexity index is 625. The van der Waals surface area contributed by atoms with Crippen LogP contribution in [0.5, 0.6) is 5.75 Å². The molecule has 3 rings (SSSR count). The Morgan fingerprint density at radius 1 is 1.24 bits per heavy atom. The van der Waals surface area contributed by atoms with Crippen LogP contribution in [0, 0.1) is 0 Å². The highest BCUT2D eigenvalue weighted by atomic mass is 16.5. The summed E-state index contributed by atoms with van der Waals surface area (Å²) in [4.78, 5) is 10.8. The Morgan fingerprint density at radius 3 is 2.81 bits per heavy atom. The normalized spacial score (nSPS) is 14.2. The maximum Gasteiger partial charge on any atom is 0.159 e. The number of nitrogens with zero attached hydrogens (tertiary/aromatic N) is 3. The van der Waals surface area contributed by atoms with Crippen molar-refractivity contribution in [3.63, 3.8) is 0 Å². The molecular weight excluding hydrogens is 266 g/mol. The van der Waals surface area contributed by atoms with Gasteiger partial charge in [-0.3, -0.25) is 0 Å². The molecule has 2 heterocycles. The monoisotopic (exact) mass is 285 g/mol. The maximum atomic E-state index is 6.22.